The molecule has 0 aromatic heterocycles. The van der Waals surface area contributed by atoms with Crippen molar-refractivity contribution in [3.05, 3.63) is 0 Å². The Bertz CT molecular complexity index is 246. The fourth-order valence-corrected chi connectivity index (χ4v) is 3.68. The number of piperazine rings is 1. The van der Waals surface area contributed by atoms with Crippen molar-refractivity contribution < 1.29 is 0 Å². The van der Waals surface area contributed by atoms with Crippen molar-refractivity contribution in [2.45, 2.75) is 45.6 Å². The quantitative estimate of drug-likeness (QED) is 0.824. The normalized spacial score (nSPS) is 29.7. The van der Waals surface area contributed by atoms with E-state index in [-0.39, 0.29) is 0 Å². The van der Waals surface area contributed by atoms with E-state index >= 15 is 0 Å². The Hall–Kier alpha value is -0.120. The average molecular weight is 253 g/mol. The molecule has 0 radical (unpaired) electrons. The lowest BCUT2D eigenvalue weighted by atomic mass is 9.72. The molecule has 1 saturated carbocycles. The molecule has 1 N–H and O–H groups in total. The summed E-state index contributed by atoms with van der Waals surface area (Å²) in [6, 6.07) is 0.786. The summed E-state index contributed by atoms with van der Waals surface area (Å²) in [5, 5.41) is 3.42. The number of rotatable bonds is 4. The molecule has 3 heteroatoms. The number of hydrogen-bond donors (Lipinski definition) is 1. The van der Waals surface area contributed by atoms with Gasteiger partial charge in [0.05, 0.1) is 0 Å². The van der Waals surface area contributed by atoms with Gasteiger partial charge in [-0.2, -0.15) is 0 Å². The topological polar surface area (TPSA) is 18.5 Å². The Balaban J connectivity index is 1.77. The molecule has 1 atom stereocenters. The Morgan fingerprint density at radius 3 is 2.61 bits per heavy atom. The molecule has 18 heavy (non-hydrogen) atoms. The third kappa shape index (κ3) is 3.69. The standard InChI is InChI=1S/C15H31N3/c1-15(2)7-5-4-6-14(15)17(3)12-13-18-10-8-16-9-11-18/h14,16H,4-13H2,1-3H3. The highest BCUT2D eigenvalue weighted by atomic mass is 15.2. The molecule has 0 spiro atoms. The smallest absolute Gasteiger partial charge is 0.0144 e. The molecule has 2 fully saturated rings. The van der Waals surface area contributed by atoms with Crippen LogP contribution in [0.4, 0.5) is 0 Å². The molecular formula is C15H31N3. The first-order valence-corrected chi connectivity index (χ1v) is 7.73. The van der Waals surface area contributed by atoms with Crippen molar-refractivity contribution in [3.8, 4) is 0 Å². The van der Waals surface area contributed by atoms with Gasteiger partial charge >= 0.3 is 0 Å². The van der Waals surface area contributed by atoms with Crippen LogP contribution in [0.25, 0.3) is 0 Å². The van der Waals surface area contributed by atoms with Crippen LogP contribution in [0.3, 0.4) is 0 Å². The molecule has 1 heterocycles. The summed E-state index contributed by atoms with van der Waals surface area (Å²) >= 11 is 0. The zero-order valence-corrected chi connectivity index (χ0v) is 12.5. The van der Waals surface area contributed by atoms with Gasteiger partial charge in [0.2, 0.25) is 0 Å². The van der Waals surface area contributed by atoms with E-state index in [9.17, 15) is 0 Å². The van der Waals surface area contributed by atoms with Crippen molar-refractivity contribution in [2.24, 2.45) is 5.41 Å². The number of likely N-dealkylation sites (N-methyl/N-ethyl adjacent to an activating group) is 1. The molecule has 3 nitrogen and oxygen atoms in total. The highest BCUT2D eigenvalue weighted by Gasteiger charge is 2.34. The van der Waals surface area contributed by atoms with E-state index in [1.54, 1.807) is 0 Å². The molecular weight excluding hydrogens is 222 g/mol. The van der Waals surface area contributed by atoms with Crippen molar-refractivity contribution in [3.63, 3.8) is 0 Å². The number of hydrogen-bond acceptors (Lipinski definition) is 3. The molecule has 2 aliphatic rings. The van der Waals surface area contributed by atoms with Gasteiger partial charge in [-0.1, -0.05) is 26.7 Å². The van der Waals surface area contributed by atoms with Gasteiger partial charge in [-0.15, -0.1) is 0 Å². The van der Waals surface area contributed by atoms with Crippen LogP contribution in [0.2, 0.25) is 0 Å². The lowest BCUT2D eigenvalue weighted by molar-refractivity contribution is 0.0591. The molecule has 1 aliphatic carbocycles. The molecule has 1 unspecified atom stereocenters. The summed E-state index contributed by atoms with van der Waals surface area (Å²) in [5.41, 5.74) is 0.510. The Morgan fingerprint density at radius 1 is 1.22 bits per heavy atom. The summed E-state index contributed by atoms with van der Waals surface area (Å²) in [5.74, 6) is 0. The predicted molar refractivity (Wildman–Crippen MR) is 78.0 cm³/mol. The van der Waals surface area contributed by atoms with Crippen LogP contribution in [0, 0.1) is 5.41 Å². The number of nitrogens with one attached hydrogen (secondary N) is 1. The van der Waals surface area contributed by atoms with Crippen molar-refractivity contribution in [1.82, 2.24) is 15.1 Å². The summed E-state index contributed by atoms with van der Waals surface area (Å²) in [7, 11) is 2.33. The third-order valence-corrected chi connectivity index (χ3v) is 4.96. The van der Waals surface area contributed by atoms with E-state index in [1.807, 2.05) is 0 Å². The van der Waals surface area contributed by atoms with E-state index < -0.39 is 0 Å². The van der Waals surface area contributed by atoms with Gasteiger partial charge < -0.3 is 10.2 Å². The molecule has 0 amide bonds. The second-order valence-corrected chi connectivity index (χ2v) is 6.82. The average Bonchev–Trinajstić information content (AvgIpc) is 2.37. The van der Waals surface area contributed by atoms with Crippen molar-refractivity contribution in [2.75, 3.05) is 46.3 Å². The van der Waals surface area contributed by atoms with Gasteiger partial charge in [0.25, 0.3) is 0 Å². The molecule has 0 aromatic carbocycles. The van der Waals surface area contributed by atoms with Crippen LogP contribution in [0.5, 0.6) is 0 Å². The fraction of sp³-hybridized carbons (Fsp3) is 1.00. The van der Waals surface area contributed by atoms with E-state index in [1.165, 1.54) is 65.0 Å². The van der Waals surface area contributed by atoms with E-state index in [0.717, 1.165) is 6.04 Å². The number of nitrogens with zero attached hydrogens (tertiary/aromatic N) is 2. The Labute approximate surface area is 113 Å². The highest BCUT2D eigenvalue weighted by Crippen LogP contribution is 2.37. The first-order chi connectivity index (χ1) is 8.59. The minimum Gasteiger partial charge on any atom is -0.314 e. The third-order valence-electron chi connectivity index (χ3n) is 4.96. The van der Waals surface area contributed by atoms with Crippen LogP contribution in [-0.2, 0) is 0 Å². The minimum atomic E-state index is 0.510. The first kappa shape index (κ1) is 14.3. The molecule has 1 aliphatic heterocycles. The van der Waals surface area contributed by atoms with E-state index in [0.29, 0.717) is 5.41 Å². The molecule has 1 saturated heterocycles. The largest absolute Gasteiger partial charge is 0.314 e. The maximum absolute atomic E-state index is 3.42. The Kier molecular flexibility index (Phi) is 5.05. The lowest BCUT2D eigenvalue weighted by Crippen LogP contribution is -2.50. The predicted octanol–water partition coefficient (Wildman–Crippen LogP) is 1.79. The fourth-order valence-electron chi connectivity index (χ4n) is 3.68. The summed E-state index contributed by atoms with van der Waals surface area (Å²) in [4.78, 5) is 5.23. The van der Waals surface area contributed by atoms with Crippen LogP contribution < -0.4 is 5.32 Å². The maximum atomic E-state index is 3.42. The molecule has 0 aromatic rings. The highest BCUT2D eigenvalue weighted by molar-refractivity contribution is 4.89. The second kappa shape index (κ2) is 6.36. The second-order valence-electron chi connectivity index (χ2n) is 6.82. The zero-order valence-electron chi connectivity index (χ0n) is 12.5. The van der Waals surface area contributed by atoms with Gasteiger partial charge in [0.1, 0.15) is 0 Å². The van der Waals surface area contributed by atoms with Crippen LogP contribution in [0.1, 0.15) is 39.5 Å². The SMILES string of the molecule is CN(CCN1CCNCC1)C1CCCCC1(C)C. The van der Waals surface area contributed by atoms with Gasteiger partial charge in [0.15, 0.2) is 0 Å². The van der Waals surface area contributed by atoms with Crippen LogP contribution in [-0.4, -0.2) is 62.2 Å². The molecule has 106 valence electrons. The van der Waals surface area contributed by atoms with Crippen LogP contribution in [0.15, 0.2) is 0 Å². The van der Waals surface area contributed by atoms with E-state index in [4.69, 9.17) is 0 Å². The first-order valence-electron chi connectivity index (χ1n) is 7.73. The van der Waals surface area contributed by atoms with Gasteiger partial charge in [-0.25, -0.2) is 0 Å². The van der Waals surface area contributed by atoms with Crippen molar-refractivity contribution in [1.29, 1.82) is 0 Å². The minimum absolute atomic E-state index is 0.510. The van der Waals surface area contributed by atoms with Gasteiger partial charge in [0, 0.05) is 45.3 Å². The van der Waals surface area contributed by atoms with Crippen molar-refractivity contribution >= 4 is 0 Å². The van der Waals surface area contributed by atoms with Crippen LogP contribution >= 0.6 is 0 Å². The monoisotopic (exact) mass is 253 g/mol. The molecule has 0 bridgehead atoms. The zero-order chi connectivity index (χ0) is 13.0. The van der Waals surface area contributed by atoms with Gasteiger partial charge in [-0.05, 0) is 25.3 Å². The summed E-state index contributed by atoms with van der Waals surface area (Å²) < 4.78 is 0. The lowest BCUT2D eigenvalue weighted by Gasteiger charge is -2.44. The summed E-state index contributed by atoms with van der Waals surface area (Å²) in [6.45, 7) is 12.2. The van der Waals surface area contributed by atoms with Gasteiger partial charge in [-0.3, -0.25) is 4.90 Å². The summed E-state index contributed by atoms with van der Waals surface area (Å²) in [6.07, 6.45) is 5.64. The maximum Gasteiger partial charge on any atom is 0.0144 e. The van der Waals surface area contributed by atoms with E-state index in [2.05, 4.69) is 36.0 Å². The Morgan fingerprint density at radius 2 is 1.94 bits per heavy atom. The molecule has 2 rings (SSSR count).